The van der Waals surface area contributed by atoms with E-state index >= 15 is 0 Å². The summed E-state index contributed by atoms with van der Waals surface area (Å²) in [5.41, 5.74) is 3.20. The molecule has 3 aromatic rings. The average molecular weight is 471 g/mol. The lowest BCUT2D eigenvalue weighted by atomic mass is 9.99. The Bertz CT molecular complexity index is 1150. The Kier molecular flexibility index (Phi) is 7.24. The van der Waals surface area contributed by atoms with Crippen molar-refractivity contribution in [2.24, 2.45) is 0 Å². The molecule has 0 spiro atoms. The number of nitrogens with zero attached hydrogens (tertiary/aromatic N) is 3. The summed E-state index contributed by atoms with van der Waals surface area (Å²) in [5, 5.41) is 12.8. The third kappa shape index (κ3) is 5.03. The molecule has 0 aliphatic carbocycles. The summed E-state index contributed by atoms with van der Waals surface area (Å²) in [6.45, 7) is 1.26. The van der Waals surface area contributed by atoms with Crippen LogP contribution in [0.15, 0.2) is 47.6 Å². The summed E-state index contributed by atoms with van der Waals surface area (Å²) in [4.78, 5) is 24.4. The molecule has 0 saturated carbocycles. The Morgan fingerprint density at radius 1 is 1.22 bits per heavy atom. The molecule has 1 aromatic heterocycles. The van der Waals surface area contributed by atoms with E-state index in [1.165, 1.54) is 11.8 Å². The lowest BCUT2D eigenvalue weighted by molar-refractivity contribution is -0.116. The summed E-state index contributed by atoms with van der Waals surface area (Å²) in [7, 11) is 1.67. The molecule has 0 saturated heterocycles. The van der Waals surface area contributed by atoms with E-state index in [0.717, 1.165) is 23.2 Å². The number of carbonyl (C=O) groups is 2. The monoisotopic (exact) mass is 470 g/mol. The molecule has 4 rings (SSSR count). The van der Waals surface area contributed by atoms with Crippen LogP contribution in [-0.2, 0) is 22.5 Å². The number of ether oxygens (including phenoxy) is 1. The standard InChI is InChI=1S/C23H23ClN4O3S/c1-31-12-4-11-28-22(17-5-2-3-6-18(17)24)26-27-23(28)32-14-20(29)16-7-9-19-15(13-16)8-10-21(30)25-19/h2-3,5-7,9,13H,4,8,10-12,14H2,1H3,(H,25,30). The van der Waals surface area contributed by atoms with Crippen LogP contribution in [0.4, 0.5) is 5.69 Å². The minimum atomic E-state index is 0.000403. The minimum Gasteiger partial charge on any atom is -0.385 e. The summed E-state index contributed by atoms with van der Waals surface area (Å²) >= 11 is 7.74. The number of anilines is 1. The summed E-state index contributed by atoms with van der Waals surface area (Å²) in [6, 6.07) is 12.9. The number of aryl methyl sites for hydroxylation is 1. The van der Waals surface area contributed by atoms with Crippen LogP contribution in [-0.4, -0.2) is 45.9 Å². The number of Topliss-reactive ketones (excluding diaryl/α,β-unsaturated/α-hetero) is 1. The highest BCUT2D eigenvalue weighted by Gasteiger charge is 2.19. The summed E-state index contributed by atoms with van der Waals surface area (Å²) < 4.78 is 7.18. The second-order valence-electron chi connectivity index (χ2n) is 7.42. The average Bonchev–Trinajstić information content (AvgIpc) is 3.20. The third-order valence-electron chi connectivity index (χ3n) is 5.22. The van der Waals surface area contributed by atoms with E-state index < -0.39 is 0 Å². The number of carbonyl (C=O) groups excluding carboxylic acids is 2. The first-order valence-electron chi connectivity index (χ1n) is 10.3. The second kappa shape index (κ2) is 10.3. The molecule has 2 heterocycles. The zero-order chi connectivity index (χ0) is 22.5. The van der Waals surface area contributed by atoms with Crippen LogP contribution in [0, 0.1) is 0 Å². The van der Waals surface area contributed by atoms with Gasteiger partial charge in [-0.05, 0) is 48.7 Å². The fourth-order valence-corrected chi connectivity index (χ4v) is 4.66. The Morgan fingerprint density at radius 2 is 2.06 bits per heavy atom. The molecule has 9 heteroatoms. The number of amides is 1. The van der Waals surface area contributed by atoms with Gasteiger partial charge >= 0.3 is 0 Å². The van der Waals surface area contributed by atoms with Gasteiger partial charge in [-0.3, -0.25) is 9.59 Å². The van der Waals surface area contributed by atoms with Crippen molar-refractivity contribution in [2.45, 2.75) is 31.0 Å². The number of thioether (sulfide) groups is 1. The minimum absolute atomic E-state index is 0.000403. The Labute approximate surface area is 195 Å². The van der Waals surface area contributed by atoms with Crippen molar-refractivity contribution in [1.29, 1.82) is 0 Å². The van der Waals surface area contributed by atoms with Gasteiger partial charge in [-0.15, -0.1) is 10.2 Å². The van der Waals surface area contributed by atoms with Crippen LogP contribution in [0.25, 0.3) is 11.4 Å². The first-order valence-corrected chi connectivity index (χ1v) is 11.7. The number of hydrogen-bond donors (Lipinski definition) is 1. The molecule has 7 nitrogen and oxygen atoms in total. The molecule has 0 unspecified atom stereocenters. The van der Waals surface area contributed by atoms with Crippen molar-refractivity contribution in [1.82, 2.24) is 14.8 Å². The van der Waals surface area contributed by atoms with Gasteiger partial charge in [-0.25, -0.2) is 0 Å². The summed E-state index contributed by atoms with van der Waals surface area (Å²) in [6.07, 6.45) is 1.86. The molecule has 2 aromatic carbocycles. The van der Waals surface area contributed by atoms with E-state index in [4.69, 9.17) is 16.3 Å². The molecule has 0 atom stereocenters. The molecule has 0 bridgehead atoms. The van der Waals surface area contributed by atoms with Gasteiger partial charge in [0.1, 0.15) is 0 Å². The Morgan fingerprint density at radius 3 is 2.88 bits per heavy atom. The predicted molar refractivity (Wildman–Crippen MR) is 125 cm³/mol. The quantitative estimate of drug-likeness (QED) is 0.281. The van der Waals surface area contributed by atoms with Crippen molar-refractivity contribution in [3.63, 3.8) is 0 Å². The number of methoxy groups -OCH3 is 1. The van der Waals surface area contributed by atoms with Crippen molar-refractivity contribution >= 4 is 40.7 Å². The number of rotatable bonds is 9. The zero-order valence-corrected chi connectivity index (χ0v) is 19.2. The number of fused-ring (bicyclic) bond motifs is 1. The van der Waals surface area contributed by atoms with Gasteiger partial charge in [0.05, 0.1) is 10.8 Å². The topological polar surface area (TPSA) is 86.1 Å². The number of halogens is 1. The number of nitrogens with one attached hydrogen (secondary N) is 1. The Hall–Kier alpha value is -2.68. The van der Waals surface area contributed by atoms with Gasteiger partial charge in [0.15, 0.2) is 16.8 Å². The van der Waals surface area contributed by atoms with Crippen molar-refractivity contribution in [2.75, 3.05) is 24.8 Å². The van der Waals surface area contributed by atoms with E-state index in [0.29, 0.717) is 47.6 Å². The van der Waals surface area contributed by atoms with Crippen LogP contribution in [0.1, 0.15) is 28.8 Å². The van der Waals surface area contributed by atoms with E-state index in [2.05, 4.69) is 15.5 Å². The summed E-state index contributed by atoms with van der Waals surface area (Å²) in [5.74, 6) is 0.914. The molecule has 0 radical (unpaired) electrons. The maximum Gasteiger partial charge on any atom is 0.224 e. The first-order chi connectivity index (χ1) is 15.6. The van der Waals surface area contributed by atoms with E-state index in [9.17, 15) is 9.59 Å². The van der Waals surface area contributed by atoms with E-state index in [1.807, 2.05) is 34.9 Å². The molecule has 0 fully saturated rings. The number of ketones is 1. The van der Waals surface area contributed by atoms with Crippen LogP contribution in [0.5, 0.6) is 0 Å². The van der Waals surface area contributed by atoms with Crippen LogP contribution in [0.3, 0.4) is 0 Å². The fraction of sp³-hybridized carbons (Fsp3) is 0.304. The highest BCUT2D eigenvalue weighted by Crippen LogP contribution is 2.30. The molecule has 32 heavy (non-hydrogen) atoms. The van der Waals surface area contributed by atoms with E-state index in [1.54, 1.807) is 19.2 Å². The molecule has 166 valence electrons. The van der Waals surface area contributed by atoms with Gasteiger partial charge in [0, 0.05) is 43.5 Å². The van der Waals surface area contributed by atoms with Gasteiger partial charge in [-0.2, -0.15) is 0 Å². The number of benzene rings is 2. The van der Waals surface area contributed by atoms with Crippen molar-refractivity contribution in [3.8, 4) is 11.4 Å². The molecular weight excluding hydrogens is 448 g/mol. The Balaban J connectivity index is 1.52. The molecule has 1 amide bonds. The predicted octanol–water partition coefficient (Wildman–Crippen LogP) is 4.49. The fourth-order valence-electron chi connectivity index (χ4n) is 3.58. The second-order valence-corrected chi connectivity index (χ2v) is 8.77. The van der Waals surface area contributed by atoms with Gasteiger partial charge < -0.3 is 14.6 Å². The van der Waals surface area contributed by atoms with Gasteiger partial charge in [-0.1, -0.05) is 35.5 Å². The van der Waals surface area contributed by atoms with Crippen LogP contribution < -0.4 is 5.32 Å². The normalized spacial score (nSPS) is 13.0. The highest BCUT2D eigenvalue weighted by atomic mass is 35.5. The third-order valence-corrected chi connectivity index (χ3v) is 6.51. The SMILES string of the molecule is COCCCn1c(SCC(=O)c2ccc3c(c2)CCC(=O)N3)nnc1-c1ccccc1Cl. The van der Waals surface area contributed by atoms with Crippen LogP contribution >= 0.6 is 23.4 Å². The smallest absolute Gasteiger partial charge is 0.224 e. The lowest BCUT2D eigenvalue weighted by Gasteiger charge is -2.17. The lowest BCUT2D eigenvalue weighted by Crippen LogP contribution is -2.19. The largest absolute Gasteiger partial charge is 0.385 e. The van der Waals surface area contributed by atoms with Crippen molar-refractivity contribution < 1.29 is 14.3 Å². The molecule has 1 aliphatic rings. The number of aromatic nitrogens is 3. The molecule has 1 N–H and O–H groups in total. The van der Waals surface area contributed by atoms with Gasteiger partial charge in [0.25, 0.3) is 0 Å². The van der Waals surface area contributed by atoms with Gasteiger partial charge in [0.2, 0.25) is 5.91 Å². The maximum atomic E-state index is 12.9. The molecule has 1 aliphatic heterocycles. The maximum absolute atomic E-state index is 12.9. The van der Waals surface area contributed by atoms with Crippen molar-refractivity contribution in [3.05, 3.63) is 58.6 Å². The highest BCUT2D eigenvalue weighted by molar-refractivity contribution is 7.99. The zero-order valence-electron chi connectivity index (χ0n) is 17.6. The number of hydrogen-bond acceptors (Lipinski definition) is 6. The molecular formula is C23H23ClN4O3S. The van der Waals surface area contributed by atoms with Crippen LogP contribution in [0.2, 0.25) is 5.02 Å². The first kappa shape index (κ1) is 22.5. The van der Waals surface area contributed by atoms with E-state index in [-0.39, 0.29) is 17.4 Å².